The van der Waals surface area contributed by atoms with Crippen LogP contribution in [0.5, 0.6) is 0 Å². The zero-order valence-corrected chi connectivity index (χ0v) is 14.5. The van der Waals surface area contributed by atoms with Crippen LogP contribution >= 0.6 is 0 Å². The molecule has 0 bridgehead atoms. The zero-order chi connectivity index (χ0) is 17.8. The van der Waals surface area contributed by atoms with Gasteiger partial charge in [-0.1, -0.05) is 25.0 Å². The number of carbonyl (C=O) groups is 2. The van der Waals surface area contributed by atoms with Crippen molar-refractivity contribution in [3.05, 3.63) is 36.4 Å². The molecule has 2 aromatic heterocycles. The van der Waals surface area contributed by atoms with Crippen LogP contribution in [0.2, 0.25) is 0 Å². The molecular weight excluding hydrogens is 330 g/mol. The quantitative estimate of drug-likeness (QED) is 0.664. The summed E-state index contributed by atoms with van der Waals surface area (Å²) in [7, 11) is 0. The number of hydrogen-bond donors (Lipinski definition) is 0. The fraction of sp³-hybridized carbons (Fsp3) is 0.421. The third-order valence-electron chi connectivity index (χ3n) is 5.73. The highest BCUT2D eigenvalue weighted by molar-refractivity contribution is 6.05. The van der Waals surface area contributed by atoms with Crippen LogP contribution in [-0.4, -0.2) is 36.3 Å². The molecule has 132 valence electrons. The monoisotopic (exact) mass is 349 g/mol. The molecule has 1 saturated heterocycles. The summed E-state index contributed by atoms with van der Waals surface area (Å²) in [5.41, 5.74) is 1.53. The summed E-state index contributed by atoms with van der Waals surface area (Å²) in [6, 6.07) is 7.25. The van der Waals surface area contributed by atoms with E-state index < -0.39 is 6.04 Å². The lowest BCUT2D eigenvalue weighted by Crippen LogP contribution is -2.34. The average molecular weight is 349 g/mol. The van der Waals surface area contributed by atoms with Crippen LogP contribution in [0.4, 0.5) is 0 Å². The molecule has 3 aromatic rings. The molecule has 3 heterocycles. The number of fused-ring (bicyclic) bond motifs is 4. The van der Waals surface area contributed by atoms with Gasteiger partial charge < -0.3 is 0 Å². The molecule has 7 heteroatoms. The van der Waals surface area contributed by atoms with Crippen molar-refractivity contribution in [1.82, 2.24) is 24.5 Å². The maximum atomic E-state index is 12.8. The highest BCUT2D eigenvalue weighted by Gasteiger charge is 2.50. The van der Waals surface area contributed by atoms with Crippen LogP contribution in [0.3, 0.4) is 0 Å². The van der Waals surface area contributed by atoms with Crippen molar-refractivity contribution >= 4 is 28.4 Å². The Kier molecular flexibility index (Phi) is 3.32. The maximum Gasteiger partial charge on any atom is 0.233 e. The van der Waals surface area contributed by atoms with Crippen LogP contribution in [0.15, 0.2) is 30.6 Å². The number of likely N-dealkylation sites (tertiary alicyclic amines) is 1. The predicted octanol–water partition coefficient (Wildman–Crippen LogP) is 2.51. The van der Waals surface area contributed by atoms with Gasteiger partial charge >= 0.3 is 0 Å². The molecule has 1 aromatic carbocycles. The summed E-state index contributed by atoms with van der Waals surface area (Å²) in [6.45, 7) is 1.83. The first-order valence-electron chi connectivity index (χ1n) is 9.12. The molecule has 1 aliphatic heterocycles. The summed E-state index contributed by atoms with van der Waals surface area (Å²) < 4.78 is 1.62. The highest BCUT2D eigenvalue weighted by Crippen LogP contribution is 2.41. The van der Waals surface area contributed by atoms with Gasteiger partial charge in [0.2, 0.25) is 11.8 Å². The van der Waals surface area contributed by atoms with Crippen LogP contribution in [0.1, 0.15) is 44.5 Å². The minimum Gasteiger partial charge on any atom is -0.274 e. The third kappa shape index (κ3) is 2.09. The predicted molar refractivity (Wildman–Crippen MR) is 94.0 cm³/mol. The molecule has 7 nitrogen and oxygen atoms in total. The number of aromatic nitrogens is 4. The first-order valence-corrected chi connectivity index (χ1v) is 9.12. The van der Waals surface area contributed by atoms with Gasteiger partial charge in [-0.05, 0) is 31.9 Å². The Balaban J connectivity index is 1.56. The number of hydrogen-bond acceptors (Lipinski definition) is 5. The van der Waals surface area contributed by atoms with E-state index in [0.29, 0.717) is 11.5 Å². The van der Waals surface area contributed by atoms with Gasteiger partial charge in [-0.25, -0.2) is 14.5 Å². The number of rotatable bonds is 2. The Labute approximate surface area is 150 Å². The van der Waals surface area contributed by atoms with Gasteiger partial charge in [0, 0.05) is 5.39 Å². The van der Waals surface area contributed by atoms with Crippen molar-refractivity contribution in [3.8, 4) is 0 Å². The van der Waals surface area contributed by atoms with E-state index in [2.05, 4.69) is 15.1 Å². The summed E-state index contributed by atoms with van der Waals surface area (Å²) in [6.07, 6.45) is 5.28. The molecular formula is C19H19N5O2. The highest BCUT2D eigenvalue weighted by atomic mass is 16.2. The second-order valence-electron chi connectivity index (χ2n) is 7.22. The van der Waals surface area contributed by atoms with Crippen molar-refractivity contribution < 1.29 is 9.59 Å². The zero-order valence-electron chi connectivity index (χ0n) is 14.5. The van der Waals surface area contributed by atoms with Gasteiger partial charge in [-0.3, -0.25) is 14.5 Å². The Morgan fingerprint density at radius 1 is 1.08 bits per heavy atom. The van der Waals surface area contributed by atoms with E-state index in [9.17, 15) is 9.59 Å². The third-order valence-corrected chi connectivity index (χ3v) is 5.73. The van der Waals surface area contributed by atoms with Gasteiger partial charge in [0.1, 0.15) is 6.33 Å². The van der Waals surface area contributed by atoms with Crippen molar-refractivity contribution in [1.29, 1.82) is 0 Å². The van der Waals surface area contributed by atoms with Gasteiger partial charge in [0.25, 0.3) is 0 Å². The molecule has 1 aliphatic carbocycles. The van der Waals surface area contributed by atoms with E-state index in [1.165, 1.54) is 4.90 Å². The lowest BCUT2D eigenvalue weighted by molar-refractivity contribution is -0.142. The smallest absolute Gasteiger partial charge is 0.233 e. The minimum atomic E-state index is -0.473. The molecule has 2 aliphatic rings. The Morgan fingerprint density at radius 3 is 2.50 bits per heavy atom. The van der Waals surface area contributed by atoms with Crippen molar-refractivity contribution in [3.63, 3.8) is 0 Å². The molecule has 26 heavy (non-hydrogen) atoms. The molecule has 2 amide bonds. The lowest BCUT2D eigenvalue weighted by Gasteiger charge is -2.20. The van der Waals surface area contributed by atoms with E-state index >= 15 is 0 Å². The van der Waals surface area contributed by atoms with Crippen LogP contribution < -0.4 is 0 Å². The van der Waals surface area contributed by atoms with E-state index in [0.717, 1.165) is 36.6 Å². The molecule has 1 saturated carbocycles. The van der Waals surface area contributed by atoms with Gasteiger partial charge in [-0.2, -0.15) is 0 Å². The Bertz CT molecular complexity index is 1020. The molecule has 3 unspecified atom stereocenters. The van der Waals surface area contributed by atoms with E-state index in [1.807, 2.05) is 31.2 Å². The molecule has 0 spiro atoms. The van der Waals surface area contributed by atoms with Crippen molar-refractivity contribution in [2.45, 2.75) is 38.6 Å². The van der Waals surface area contributed by atoms with Crippen LogP contribution in [-0.2, 0) is 9.59 Å². The van der Waals surface area contributed by atoms with Gasteiger partial charge in [0.15, 0.2) is 11.5 Å². The van der Waals surface area contributed by atoms with Crippen LogP contribution in [0, 0.1) is 11.8 Å². The summed E-state index contributed by atoms with van der Waals surface area (Å²) in [5, 5.41) is 5.39. The molecule has 0 radical (unpaired) electrons. The van der Waals surface area contributed by atoms with Gasteiger partial charge in [-0.15, -0.1) is 5.10 Å². The maximum absolute atomic E-state index is 12.8. The van der Waals surface area contributed by atoms with Crippen LogP contribution in [0.25, 0.3) is 16.6 Å². The largest absolute Gasteiger partial charge is 0.274 e. The Morgan fingerprint density at radius 2 is 1.77 bits per heavy atom. The number of para-hydroxylation sites is 1. The molecule has 0 N–H and O–H groups in total. The van der Waals surface area contributed by atoms with Crippen molar-refractivity contribution in [2.75, 3.05) is 0 Å². The number of benzene rings is 1. The molecule has 2 fully saturated rings. The minimum absolute atomic E-state index is 0.0611. The van der Waals surface area contributed by atoms with E-state index in [1.54, 1.807) is 10.8 Å². The topological polar surface area (TPSA) is 80.5 Å². The first kappa shape index (κ1) is 15.4. The number of amides is 2. The number of imide groups is 1. The second-order valence-corrected chi connectivity index (χ2v) is 7.22. The summed E-state index contributed by atoms with van der Waals surface area (Å²) >= 11 is 0. The second kappa shape index (κ2) is 5.59. The average Bonchev–Trinajstić information content (AvgIpc) is 3.22. The first-order chi connectivity index (χ1) is 12.6. The molecule has 5 rings (SSSR count). The summed E-state index contributed by atoms with van der Waals surface area (Å²) in [5.74, 6) is 0.0445. The van der Waals surface area contributed by atoms with Gasteiger partial charge in [0.05, 0.1) is 23.4 Å². The standard InChI is InChI=1S/C19H19N5O2/c1-11(24-18(25)12-6-2-3-7-13(12)19(24)26)16-21-17-14-8-4-5-9-15(14)20-10-23(17)22-16/h4-5,8-13H,2-3,6-7H2,1H3. The summed E-state index contributed by atoms with van der Waals surface area (Å²) in [4.78, 5) is 36.1. The fourth-order valence-electron chi connectivity index (χ4n) is 4.36. The normalized spacial score (nSPS) is 24.4. The number of nitrogens with zero attached hydrogens (tertiary/aromatic N) is 5. The van der Waals surface area contributed by atoms with E-state index in [-0.39, 0.29) is 23.7 Å². The lowest BCUT2D eigenvalue weighted by atomic mass is 9.81. The Hall–Kier alpha value is -2.83. The fourth-order valence-corrected chi connectivity index (χ4v) is 4.36. The van der Waals surface area contributed by atoms with Crippen molar-refractivity contribution in [2.24, 2.45) is 11.8 Å². The SMILES string of the molecule is CC(c1nc2c3ccccc3ncn2n1)N1C(=O)C2CCCCC2C1=O. The van der Waals surface area contributed by atoms with E-state index in [4.69, 9.17) is 0 Å². The molecule has 3 atom stereocenters. The number of carbonyl (C=O) groups excluding carboxylic acids is 2.